The van der Waals surface area contributed by atoms with Crippen LogP contribution < -0.4 is 5.73 Å². The van der Waals surface area contributed by atoms with E-state index in [4.69, 9.17) is 17.3 Å². The first-order chi connectivity index (χ1) is 9.75. The first-order valence-corrected chi connectivity index (χ1v) is 6.19. The highest BCUT2D eigenvalue weighted by Gasteiger charge is 2.00. The van der Waals surface area contributed by atoms with E-state index in [0.29, 0.717) is 5.69 Å². The minimum absolute atomic E-state index is 0.157. The third kappa shape index (κ3) is 4.29. The maximum atomic E-state index is 5.71. The normalized spacial score (nSPS) is 12.3. The molecule has 2 aromatic rings. The molecule has 1 heterocycles. The van der Waals surface area contributed by atoms with Crippen molar-refractivity contribution in [3.8, 4) is 0 Å². The molecule has 0 spiro atoms. The van der Waals surface area contributed by atoms with Crippen LogP contribution in [0.3, 0.4) is 0 Å². The minimum atomic E-state index is 0.157. The van der Waals surface area contributed by atoms with Gasteiger partial charge >= 0.3 is 0 Å². The van der Waals surface area contributed by atoms with Crippen LogP contribution in [-0.2, 0) is 0 Å². The monoisotopic (exact) mass is 285 g/mol. The molecule has 0 aliphatic rings. The Hall–Kier alpha value is -2.53. The fourth-order valence-electron chi connectivity index (χ4n) is 1.37. The second-order valence-corrected chi connectivity index (χ2v) is 4.13. The van der Waals surface area contributed by atoms with E-state index >= 15 is 0 Å². The standard InChI is InChI=1S/C14H12ClN5/c15-13-10-17-9-12(19-13)14(16)20-18-8-4-7-11-5-2-1-3-6-11/h1-10H,(H2,16,20). The van der Waals surface area contributed by atoms with E-state index in [2.05, 4.69) is 20.2 Å². The third-order valence-corrected chi connectivity index (χ3v) is 2.46. The summed E-state index contributed by atoms with van der Waals surface area (Å²) in [5, 5.41) is 7.91. The molecule has 0 saturated carbocycles. The van der Waals surface area contributed by atoms with Crippen LogP contribution in [0.5, 0.6) is 0 Å². The van der Waals surface area contributed by atoms with Crippen LogP contribution >= 0.6 is 11.6 Å². The van der Waals surface area contributed by atoms with Crippen LogP contribution in [0, 0.1) is 0 Å². The Morgan fingerprint density at radius 2 is 2.00 bits per heavy atom. The number of hydrogen-bond acceptors (Lipinski definition) is 4. The van der Waals surface area contributed by atoms with Gasteiger partial charge in [-0.15, -0.1) is 5.10 Å². The van der Waals surface area contributed by atoms with Gasteiger partial charge in [-0.2, -0.15) is 5.10 Å². The quantitative estimate of drug-likeness (QED) is 0.533. The maximum absolute atomic E-state index is 5.71. The molecule has 1 aromatic carbocycles. The molecule has 5 nitrogen and oxygen atoms in total. The van der Waals surface area contributed by atoms with Crippen molar-refractivity contribution in [3.63, 3.8) is 0 Å². The number of benzene rings is 1. The van der Waals surface area contributed by atoms with Crippen LogP contribution in [0.1, 0.15) is 11.3 Å². The number of hydrogen-bond donors (Lipinski definition) is 1. The summed E-state index contributed by atoms with van der Waals surface area (Å²) in [6.07, 6.45) is 8.12. The highest BCUT2D eigenvalue weighted by Crippen LogP contribution is 2.02. The molecule has 2 rings (SSSR count). The molecule has 100 valence electrons. The van der Waals surface area contributed by atoms with Gasteiger partial charge in [0.2, 0.25) is 0 Å². The summed E-state index contributed by atoms with van der Waals surface area (Å²) in [5.41, 5.74) is 7.18. The molecule has 0 fully saturated rings. The average Bonchev–Trinajstić information content (AvgIpc) is 2.48. The summed E-state index contributed by atoms with van der Waals surface area (Å²) < 4.78 is 0. The molecule has 0 aliphatic heterocycles. The lowest BCUT2D eigenvalue weighted by Gasteiger charge is -1.96. The van der Waals surface area contributed by atoms with Crippen molar-refractivity contribution in [3.05, 3.63) is 65.2 Å². The molecule has 0 saturated heterocycles. The highest BCUT2D eigenvalue weighted by atomic mass is 35.5. The van der Waals surface area contributed by atoms with Crippen molar-refractivity contribution in [2.24, 2.45) is 15.9 Å². The molecule has 0 unspecified atom stereocenters. The average molecular weight is 286 g/mol. The second kappa shape index (κ2) is 7.16. The Morgan fingerprint density at radius 3 is 2.75 bits per heavy atom. The van der Waals surface area contributed by atoms with Gasteiger partial charge in [-0.3, -0.25) is 4.98 Å². The van der Waals surface area contributed by atoms with E-state index in [9.17, 15) is 0 Å². The Labute approximate surface area is 121 Å². The summed E-state index contributed by atoms with van der Waals surface area (Å²) in [5.74, 6) is 0.157. The molecule has 6 heteroatoms. The largest absolute Gasteiger partial charge is 0.380 e. The van der Waals surface area contributed by atoms with Crippen LogP contribution in [0.15, 0.2) is 59.0 Å². The zero-order valence-corrected chi connectivity index (χ0v) is 11.3. The molecule has 0 radical (unpaired) electrons. The Bertz CT molecular complexity index is 650. The van der Waals surface area contributed by atoms with Crippen LogP contribution in [0.4, 0.5) is 0 Å². The number of halogens is 1. The van der Waals surface area contributed by atoms with Gasteiger partial charge in [0.1, 0.15) is 10.8 Å². The molecule has 0 aliphatic carbocycles. The van der Waals surface area contributed by atoms with Crippen LogP contribution in [-0.4, -0.2) is 22.0 Å². The number of rotatable bonds is 4. The fourth-order valence-corrected chi connectivity index (χ4v) is 1.52. The number of amidine groups is 1. The zero-order chi connectivity index (χ0) is 14.2. The molecule has 2 N–H and O–H groups in total. The third-order valence-electron chi connectivity index (χ3n) is 2.27. The van der Waals surface area contributed by atoms with E-state index in [0.717, 1.165) is 5.56 Å². The van der Waals surface area contributed by atoms with E-state index in [1.807, 2.05) is 36.4 Å². The Kier molecular flexibility index (Phi) is 4.97. The second-order valence-electron chi connectivity index (χ2n) is 3.75. The molecule has 20 heavy (non-hydrogen) atoms. The van der Waals surface area contributed by atoms with Gasteiger partial charge < -0.3 is 5.73 Å². The van der Waals surface area contributed by atoms with Gasteiger partial charge in [-0.05, 0) is 11.6 Å². The molecule has 0 atom stereocenters. The van der Waals surface area contributed by atoms with Gasteiger partial charge in [0, 0.05) is 6.21 Å². The summed E-state index contributed by atoms with van der Waals surface area (Å²) in [6, 6.07) is 9.87. The predicted octanol–water partition coefficient (Wildman–Crippen LogP) is 2.53. The summed E-state index contributed by atoms with van der Waals surface area (Å²) in [4.78, 5) is 7.84. The van der Waals surface area contributed by atoms with Crippen LogP contribution in [0.25, 0.3) is 6.08 Å². The Balaban J connectivity index is 1.98. The predicted molar refractivity (Wildman–Crippen MR) is 81.7 cm³/mol. The van der Waals surface area contributed by atoms with Gasteiger partial charge in [0.25, 0.3) is 0 Å². The first kappa shape index (κ1) is 13.9. The number of allylic oxidation sites excluding steroid dienone is 1. The lowest BCUT2D eigenvalue weighted by molar-refractivity contribution is 1.15. The van der Waals surface area contributed by atoms with E-state index in [-0.39, 0.29) is 11.0 Å². The molecular formula is C14H12ClN5. The number of aromatic nitrogens is 2. The smallest absolute Gasteiger partial charge is 0.173 e. The van der Waals surface area contributed by atoms with Crippen molar-refractivity contribution >= 4 is 29.7 Å². The summed E-state index contributed by atoms with van der Waals surface area (Å²) in [7, 11) is 0. The van der Waals surface area contributed by atoms with Crippen molar-refractivity contribution in [2.45, 2.75) is 0 Å². The first-order valence-electron chi connectivity index (χ1n) is 5.82. The lowest BCUT2D eigenvalue weighted by Crippen LogP contribution is -2.14. The SMILES string of the molecule is NC(=NN=CC=Cc1ccccc1)c1cncc(Cl)n1. The Morgan fingerprint density at radius 1 is 1.20 bits per heavy atom. The van der Waals surface area contributed by atoms with Crippen molar-refractivity contribution in [1.82, 2.24) is 9.97 Å². The van der Waals surface area contributed by atoms with Crippen LogP contribution in [0.2, 0.25) is 5.15 Å². The maximum Gasteiger partial charge on any atom is 0.173 e. The van der Waals surface area contributed by atoms with Crippen molar-refractivity contribution in [1.29, 1.82) is 0 Å². The molecule has 1 aromatic heterocycles. The van der Waals surface area contributed by atoms with Gasteiger partial charge in [0.05, 0.1) is 12.4 Å². The van der Waals surface area contributed by atoms with Crippen molar-refractivity contribution < 1.29 is 0 Å². The highest BCUT2D eigenvalue weighted by molar-refractivity contribution is 6.29. The van der Waals surface area contributed by atoms with Gasteiger partial charge in [-0.25, -0.2) is 4.98 Å². The lowest BCUT2D eigenvalue weighted by atomic mass is 10.2. The number of nitrogens with zero attached hydrogens (tertiary/aromatic N) is 4. The van der Waals surface area contributed by atoms with Crippen molar-refractivity contribution in [2.75, 3.05) is 0 Å². The van der Waals surface area contributed by atoms with E-state index in [1.54, 1.807) is 6.08 Å². The summed E-state index contributed by atoms with van der Waals surface area (Å²) >= 11 is 5.71. The number of nitrogens with two attached hydrogens (primary N) is 1. The van der Waals surface area contributed by atoms with E-state index < -0.39 is 0 Å². The van der Waals surface area contributed by atoms with Gasteiger partial charge in [-0.1, -0.05) is 48.0 Å². The zero-order valence-electron chi connectivity index (χ0n) is 10.5. The molecule has 0 bridgehead atoms. The topological polar surface area (TPSA) is 76.5 Å². The molecule has 0 amide bonds. The molecular weight excluding hydrogens is 274 g/mol. The minimum Gasteiger partial charge on any atom is -0.380 e. The van der Waals surface area contributed by atoms with E-state index in [1.165, 1.54) is 18.6 Å². The fraction of sp³-hybridized carbons (Fsp3) is 0. The summed E-state index contributed by atoms with van der Waals surface area (Å²) in [6.45, 7) is 0. The van der Waals surface area contributed by atoms with Gasteiger partial charge in [0.15, 0.2) is 5.84 Å².